The van der Waals surface area contributed by atoms with Crippen molar-refractivity contribution in [1.29, 1.82) is 0 Å². The predicted molar refractivity (Wildman–Crippen MR) is 115 cm³/mol. The van der Waals surface area contributed by atoms with E-state index in [-0.39, 0.29) is 16.6 Å². The summed E-state index contributed by atoms with van der Waals surface area (Å²) >= 11 is 6.13. The molecule has 8 heteroatoms. The van der Waals surface area contributed by atoms with Crippen molar-refractivity contribution in [2.45, 2.75) is 4.90 Å². The Balaban J connectivity index is 1.55. The molecule has 1 aliphatic rings. The first-order valence-electron chi connectivity index (χ1n) is 8.19. The number of amides is 1. The van der Waals surface area contributed by atoms with Gasteiger partial charge < -0.3 is 9.50 Å². The maximum atomic E-state index is 12.6. The van der Waals surface area contributed by atoms with Gasteiger partial charge in [0.25, 0.3) is 5.91 Å². The van der Waals surface area contributed by atoms with E-state index >= 15 is 0 Å². The molecule has 140 valence electrons. The van der Waals surface area contributed by atoms with Crippen LogP contribution in [0.5, 0.6) is 5.75 Å². The van der Waals surface area contributed by atoms with Crippen molar-refractivity contribution in [1.82, 2.24) is 5.32 Å². The lowest BCUT2D eigenvalue weighted by Gasteiger charge is -2.08. The van der Waals surface area contributed by atoms with Crippen molar-refractivity contribution in [2.24, 2.45) is 0 Å². The third-order valence-corrected chi connectivity index (χ3v) is 6.44. The number of thiocarbonyl (C=S) groups is 1. The number of carbonyl (C=O) groups is 1. The minimum Gasteiger partial charge on any atom is -0.379 e. The van der Waals surface area contributed by atoms with Gasteiger partial charge in [0.2, 0.25) is 0 Å². The Morgan fingerprint density at radius 3 is 2.36 bits per heavy atom. The van der Waals surface area contributed by atoms with Gasteiger partial charge in [-0.3, -0.25) is 4.79 Å². The maximum absolute atomic E-state index is 12.6. The molecule has 0 spiro atoms. The summed E-state index contributed by atoms with van der Waals surface area (Å²) in [6.07, 6.45) is 1.68. The Hall–Kier alpha value is -2.68. The second kappa shape index (κ2) is 7.38. The van der Waals surface area contributed by atoms with E-state index in [0.29, 0.717) is 9.23 Å². The van der Waals surface area contributed by atoms with Crippen LogP contribution < -0.4 is 9.50 Å². The summed E-state index contributed by atoms with van der Waals surface area (Å²) < 4.78 is 30.8. The molecule has 5 nitrogen and oxygen atoms in total. The van der Waals surface area contributed by atoms with E-state index in [2.05, 4.69) is 5.32 Å². The molecule has 1 fully saturated rings. The maximum Gasteiger partial charge on any atom is 0.339 e. The average Bonchev–Trinajstić information content (AvgIpc) is 2.99. The number of carbonyl (C=O) groups excluding carboxylic acids is 1. The molecule has 1 amide bonds. The van der Waals surface area contributed by atoms with Crippen molar-refractivity contribution in [3.05, 3.63) is 77.2 Å². The topological polar surface area (TPSA) is 72.5 Å². The van der Waals surface area contributed by atoms with Crippen LogP contribution in [0.2, 0.25) is 0 Å². The molecule has 3 aromatic rings. The Morgan fingerprint density at radius 1 is 0.964 bits per heavy atom. The fourth-order valence-corrected chi connectivity index (χ4v) is 4.70. The van der Waals surface area contributed by atoms with Crippen LogP contribution in [-0.2, 0) is 14.9 Å². The van der Waals surface area contributed by atoms with Gasteiger partial charge in [-0.25, -0.2) is 0 Å². The van der Waals surface area contributed by atoms with Crippen LogP contribution in [0.4, 0.5) is 0 Å². The second-order valence-corrected chi connectivity index (χ2v) is 9.23. The van der Waals surface area contributed by atoms with Crippen LogP contribution in [0.25, 0.3) is 16.8 Å². The van der Waals surface area contributed by atoms with Gasteiger partial charge in [-0.2, -0.15) is 8.42 Å². The van der Waals surface area contributed by atoms with Gasteiger partial charge in [0.15, 0.2) is 0 Å². The van der Waals surface area contributed by atoms with E-state index in [4.69, 9.17) is 16.4 Å². The van der Waals surface area contributed by atoms with Crippen molar-refractivity contribution < 1.29 is 17.4 Å². The smallest absolute Gasteiger partial charge is 0.339 e. The molecule has 0 unspecified atom stereocenters. The van der Waals surface area contributed by atoms with Gasteiger partial charge in [0, 0.05) is 0 Å². The Kier molecular flexibility index (Phi) is 4.92. The molecule has 0 saturated carbocycles. The van der Waals surface area contributed by atoms with Crippen LogP contribution in [0, 0.1) is 0 Å². The van der Waals surface area contributed by atoms with Crippen molar-refractivity contribution >= 4 is 61.2 Å². The Morgan fingerprint density at radius 2 is 1.68 bits per heavy atom. The summed E-state index contributed by atoms with van der Waals surface area (Å²) in [4.78, 5) is 12.3. The summed E-state index contributed by atoms with van der Waals surface area (Å²) in [5.41, 5.74) is 0.734. The van der Waals surface area contributed by atoms with E-state index in [0.717, 1.165) is 16.3 Å². The Bertz CT molecular complexity index is 1230. The summed E-state index contributed by atoms with van der Waals surface area (Å²) in [5.74, 6) is -0.0523. The lowest BCUT2D eigenvalue weighted by atomic mass is 10.1. The van der Waals surface area contributed by atoms with Crippen LogP contribution >= 0.6 is 24.0 Å². The molecule has 1 saturated heterocycles. The van der Waals surface area contributed by atoms with Crippen LogP contribution in [0.1, 0.15) is 5.56 Å². The minimum absolute atomic E-state index is 0.0879. The first-order valence-corrected chi connectivity index (χ1v) is 10.8. The number of hydrogen-bond acceptors (Lipinski definition) is 6. The van der Waals surface area contributed by atoms with Crippen molar-refractivity contribution in [2.75, 3.05) is 0 Å². The molecule has 1 aliphatic heterocycles. The highest BCUT2D eigenvalue weighted by molar-refractivity contribution is 8.26. The molecule has 4 rings (SSSR count). The standard InChI is InChI=1S/C20H13NO4S3/c22-19-18(27-20(26)21-19)11-13-5-8-16(9-6-13)25-28(23,24)17-10-7-14-3-1-2-4-15(14)12-17/h1-12H,(H,21,22,26)/b18-11-. The fraction of sp³-hybridized carbons (Fsp3) is 0. The zero-order chi connectivity index (χ0) is 19.7. The number of hydrogen-bond donors (Lipinski definition) is 1. The van der Waals surface area contributed by atoms with Gasteiger partial charge in [-0.15, -0.1) is 0 Å². The molecular formula is C20H13NO4S3. The van der Waals surface area contributed by atoms with Gasteiger partial charge in [0.1, 0.15) is 15.0 Å². The first-order chi connectivity index (χ1) is 13.4. The van der Waals surface area contributed by atoms with Crippen molar-refractivity contribution in [3.63, 3.8) is 0 Å². The zero-order valence-corrected chi connectivity index (χ0v) is 16.7. The van der Waals surface area contributed by atoms with Crippen LogP contribution in [-0.4, -0.2) is 18.6 Å². The van der Waals surface area contributed by atoms with Gasteiger partial charge in [-0.1, -0.05) is 66.4 Å². The van der Waals surface area contributed by atoms with Crippen LogP contribution in [0.15, 0.2) is 76.5 Å². The van der Waals surface area contributed by atoms with Gasteiger partial charge in [0.05, 0.1) is 4.91 Å². The lowest BCUT2D eigenvalue weighted by Crippen LogP contribution is -2.17. The molecule has 0 atom stereocenters. The third kappa shape index (κ3) is 3.94. The van der Waals surface area contributed by atoms with Crippen molar-refractivity contribution in [3.8, 4) is 5.75 Å². The monoisotopic (exact) mass is 427 g/mol. The predicted octanol–water partition coefficient (Wildman–Crippen LogP) is 4.10. The first kappa shape index (κ1) is 18.7. The molecule has 3 aromatic carbocycles. The number of benzene rings is 3. The SMILES string of the molecule is O=C1NC(=S)S/C1=C\c1ccc(OS(=O)(=O)c2ccc3ccccc3c2)cc1. The summed E-state index contributed by atoms with van der Waals surface area (Å²) in [6, 6.07) is 18.8. The van der Waals surface area contributed by atoms with E-state index in [1.807, 2.05) is 24.3 Å². The molecule has 0 bridgehead atoms. The van der Waals surface area contributed by atoms with Gasteiger partial charge >= 0.3 is 10.1 Å². The number of fused-ring (bicyclic) bond motifs is 1. The number of nitrogens with one attached hydrogen (secondary N) is 1. The molecule has 0 radical (unpaired) electrons. The fourth-order valence-electron chi connectivity index (χ4n) is 2.69. The zero-order valence-electron chi connectivity index (χ0n) is 14.3. The molecule has 0 aliphatic carbocycles. The summed E-state index contributed by atoms with van der Waals surface area (Å²) in [6.45, 7) is 0. The highest BCUT2D eigenvalue weighted by Gasteiger charge is 2.22. The largest absolute Gasteiger partial charge is 0.379 e. The second-order valence-electron chi connectivity index (χ2n) is 5.97. The van der Waals surface area contributed by atoms with E-state index in [1.54, 1.807) is 42.5 Å². The molecular weight excluding hydrogens is 414 g/mol. The highest BCUT2D eigenvalue weighted by Crippen LogP contribution is 2.27. The minimum atomic E-state index is -3.96. The van der Waals surface area contributed by atoms with E-state index in [1.165, 1.54) is 17.8 Å². The molecule has 1 heterocycles. The molecule has 28 heavy (non-hydrogen) atoms. The van der Waals surface area contributed by atoms with E-state index in [9.17, 15) is 13.2 Å². The molecule has 1 N–H and O–H groups in total. The number of rotatable bonds is 4. The highest BCUT2D eigenvalue weighted by atomic mass is 32.2. The lowest BCUT2D eigenvalue weighted by molar-refractivity contribution is -0.115. The Labute approximate surface area is 171 Å². The third-order valence-electron chi connectivity index (χ3n) is 4.04. The molecule has 0 aromatic heterocycles. The van der Waals surface area contributed by atoms with Crippen LogP contribution in [0.3, 0.4) is 0 Å². The average molecular weight is 428 g/mol. The normalized spacial score (nSPS) is 15.8. The summed E-state index contributed by atoms with van der Waals surface area (Å²) in [7, 11) is -3.96. The number of thioether (sulfide) groups is 1. The quantitative estimate of drug-likeness (QED) is 0.384. The van der Waals surface area contributed by atoms with Gasteiger partial charge in [-0.05, 0) is 46.7 Å². The van der Waals surface area contributed by atoms with E-state index < -0.39 is 10.1 Å². The summed E-state index contributed by atoms with van der Waals surface area (Å²) in [5, 5.41) is 4.31.